The summed E-state index contributed by atoms with van der Waals surface area (Å²) in [7, 11) is 0. The predicted octanol–water partition coefficient (Wildman–Crippen LogP) is 5.67. The lowest BCUT2D eigenvalue weighted by atomic mass is 10.1. The van der Waals surface area contributed by atoms with Crippen molar-refractivity contribution in [1.82, 2.24) is 10.3 Å². The van der Waals surface area contributed by atoms with Gasteiger partial charge in [-0.15, -0.1) is 0 Å². The summed E-state index contributed by atoms with van der Waals surface area (Å²) in [5.74, 6) is -0.303. The predicted molar refractivity (Wildman–Crippen MR) is 149 cm³/mol. The van der Waals surface area contributed by atoms with Crippen molar-refractivity contribution in [3.05, 3.63) is 80.3 Å². The number of morpholine rings is 1. The van der Waals surface area contributed by atoms with E-state index in [1.165, 1.54) is 12.1 Å². The first-order valence-corrected chi connectivity index (χ1v) is 12.5. The molecular formula is C25H19Cl2N5O5S. The molecule has 0 saturated carbocycles. The van der Waals surface area contributed by atoms with E-state index >= 15 is 0 Å². The summed E-state index contributed by atoms with van der Waals surface area (Å²) in [5.41, 5.74) is 2.52. The third-order valence-electron chi connectivity index (χ3n) is 5.82. The minimum Gasteiger partial charge on any atom is -0.436 e. The van der Waals surface area contributed by atoms with Crippen LogP contribution in [-0.2, 0) is 4.74 Å². The normalized spacial score (nSPS) is 13.4. The Hall–Kier alpha value is -3.77. The van der Waals surface area contributed by atoms with Crippen molar-refractivity contribution in [3.8, 4) is 11.5 Å². The van der Waals surface area contributed by atoms with Gasteiger partial charge in [-0.1, -0.05) is 23.2 Å². The fraction of sp³-hybridized carbons (Fsp3) is 0.160. The number of benzene rings is 3. The molecule has 1 amide bonds. The molecule has 38 heavy (non-hydrogen) atoms. The number of ether oxygens (including phenoxy) is 1. The first kappa shape index (κ1) is 25.9. The number of aromatic nitrogens is 1. The van der Waals surface area contributed by atoms with E-state index in [9.17, 15) is 14.9 Å². The summed E-state index contributed by atoms with van der Waals surface area (Å²) in [4.78, 5) is 30.3. The van der Waals surface area contributed by atoms with Crippen molar-refractivity contribution in [3.63, 3.8) is 0 Å². The van der Waals surface area contributed by atoms with Gasteiger partial charge in [-0.05, 0) is 60.7 Å². The Morgan fingerprint density at radius 1 is 1.08 bits per heavy atom. The molecule has 0 atom stereocenters. The number of nitrogens with zero attached hydrogens (tertiary/aromatic N) is 3. The number of nitro groups is 1. The van der Waals surface area contributed by atoms with E-state index in [1.807, 2.05) is 4.90 Å². The number of nitro benzene ring substituents is 1. The van der Waals surface area contributed by atoms with Gasteiger partial charge in [-0.2, -0.15) is 0 Å². The molecule has 0 unspecified atom stereocenters. The maximum atomic E-state index is 12.8. The Labute approximate surface area is 231 Å². The number of hydrogen-bond acceptors (Lipinski definition) is 8. The quantitative estimate of drug-likeness (QED) is 0.177. The standard InChI is InChI=1S/C25H19Cl2N5O5S/c26-15-2-6-22-19(12-15)29-24(37-22)17-13-16(3-4-18(17)27)28-25(38)30-23(33)14-1-5-20(21(11-14)32(34)35)31-7-9-36-10-8-31/h1-6,11-13H,7-10H2,(H2,28,30,33,38). The zero-order valence-corrected chi connectivity index (χ0v) is 21.9. The van der Waals surface area contributed by atoms with Gasteiger partial charge in [0.2, 0.25) is 5.89 Å². The van der Waals surface area contributed by atoms with E-state index in [2.05, 4.69) is 15.6 Å². The number of fused-ring (bicyclic) bond motifs is 1. The smallest absolute Gasteiger partial charge is 0.293 e. The van der Waals surface area contributed by atoms with Crippen LogP contribution in [0.1, 0.15) is 10.4 Å². The Morgan fingerprint density at radius 3 is 2.63 bits per heavy atom. The molecule has 1 aliphatic rings. The molecule has 10 nitrogen and oxygen atoms in total. The van der Waals surface area contributed by atoms with Gasteiger partial charge >= 0.3 is 0 Å². The molecule has 2 heterocycles. The second kappa shape index (κ2) is 10.9. The van der Waals surface area contributed by atoms with E-state index in [0.29, 0.717) is 70.3 Å². The Morgan fingerprint density at radius 2 is 1.87 bits per heavy atom. The first-order valence-electron chi connectivity index (χ1n) is 11.4. The van der Waals surface area contributed by atoms with Crippen LogP contribution in [0.2, 0.25) is 10.0 Å². The zero-order chi connectivity index (χ0) is 26.8. The summed E-state index contributed by atoms with van der Waals surface area (Å²) in [6.45, 7) is 2.01. The van der Waals surface area contributed by atoms with Crippen molar-refractivity contribution >= 4 is 74.6 Å². The lowest BCUT2D eigenvalue weighted by molar-refractivity contribution is -0.384. The molecular weight excluding hydrogens is 553 g/mol. The van der Waals surface area contributed by atoms with Crippen LogP contribution in [0.4, 0.5) is 17.1 Å². The molecule has 0 radical (unpaired) electrons. The minimum absolute atomic E-state index is 0.00692. The topological polar surface area (TPSA) is 123 Å². The van der Waals surface area contributed by atoms with Gasteiger partial charge in [0.25, 0.3) is 11.6 Å². The van der Waals surface area contributed by atoms with Gasteiger partial charge in [0, 0.05) is 35.4 Å². The van der Waals surface area contributed by atoms with Crippen molar-refractivity contribution in [2.45, 2.75) is 0 Å². The van der Waals surface area contributed by atoms with Crippen molar-refractivity contribution in [2.75, 3.05) is 36.5 Å². The Balaban J connectivity index is 1.31. The number of amides is 1. The molecule has 2 N–H and O–H groups in total. The van der Waals surface area contributed by atoms with Crippen LogP contribution >= 0.6 is 35.4 Å². The van der Waals surface area contributed by atoms with Gasteiger partial charge in [-0.3, -0.25) is 20.2 Å². The third-order valence-corrected chi connectivity index (χ3v) is 6.59. The summed E-state index contributed by atoms with van der Waals surface area (Å²) >= 11 is 17.7. The number of thiocarbonyl (C=S) groups is 1. The van der Waals surface area contributed by atoms with Crippen LogP contribution in [0.3, 0.4) is 0 Å². The third kappa shape index (κ3) is 5.55. The van der Waals surface area contributed by atoms with E-state index in [4.69, 9.17) is 44.6 Å². The molecule has 1 aromatic heterocycles. The van der Waals surface area contributed by atoms with Crippen LogP contribution in [0.5, 0.6) is 0 Å². The number of nitrogens with one attached hydrogen (secondary N) is 2. The van der Waals surface area contributed by atoms with E-state index in [0.717, 1.165) is 0 Å². The first-order chi connectivity index (χ1) is 18.3. The summed E-state index contributed by atoms with van der Waals surface area (Å²) in [5, 5.41) is 18.1. The fourth-order valence-electron chi connectivity index (χ4n) is 4.00. The molecule has 4 aromatic rings. The van der Waals surface area contributed by atoms with Crippen LogP contribution in [0.25, 0.3) is 22.6 Å². The average molecular weight is 572 g/mol. The molecule has 13 heteroatoms. The number of halogens is 2. The molecule has 0 spiro atoms. The maximum absolute atomic E-state index is 12.8. The highest BCUT2D eigenvalue weighted by Crippen LogP contribution is 2.33. The van der Waals surface area contributed by atoms with Crippen molar-refractivity contribution in [2.24, 2.45) is 0 Å². The SMILES string of the molecule is O=C(NC(=S)Nc1ccc(Cl)c(-c2nc3cc(Cl)ccc3o2)c1)c1ccc(N2CCOCC2)c([N+](=O)[O-])c1. The highest BCUT2D eigenvalue weighted by atomic mass is 35.5. The molecule has 0 aliphatic carbocycles. The number of anilines is 2. The van der Waals surface area contributed by atoms with Gasteiger partial charge in [-0.25, -0.2) is 4.98 Å². The summed E-state index contributed by atoms with van der Waals surface area (Å²) in [6, 6.07) is 14.4. The lowest BCUT2D eigenvalue weighted by Gasteiger charge is -2.28. The Kier molecular flexibility index (Phi) is 7.43. The summed E-state index contributed by atoms with van der Waals surface area (Å²) in [6.07, 6.45) is 0. The number of oxazole rings is 1. The molecule has 194 valence electrons. The number of carbonyl (C=O) groups is 1. The van der Waals surface area contributed by atoms with Crippen LogP contribution < -0.4 is 15.5 Å². The number of rotatable bonds is 5. The fourth-order valence-corrected chi connectivity index (χ4v) is 4.58. The molecule has 0 bridgehead atoms. The van der Waals surface area contributed by atoms with Crippen molar-refractivity contribution < 1.29 is 18.9 Å². The largest absolute Gasteiger partial charge is 0.436 e. The van der Waals surface area contributed by atoms with Gasteiger partial charge < -0.3 is 19.4 Å². The van der Waals surface area contributed by atoms with Crippen LogP contribution in [0, 0.1) is 10.1 Å². The maximum Gasteiger partial charge on any atom is 0.293 e. The average Bonchev–Trinajstić information content (AvgIpc) is 3.32. The Bertz CT molecular complexity index is 1570. The zero-order valence-electron chi connectivity index (χ0n) is 19.6. The van der Waals surface area contributed by atoms with E-state index in [1.54, 1.807) is 42.5 Å². The molecule has 1 saturated heterocycles. The van der Waals surface area contributed by atoms with Gasteiger partial charge in [0.1, 0.15) is 11.2 Å². The van der Waals surface area contributed by atoms with E-state index in [-0.39, 0.29) is 16.4 Å². The van der Waals surface area contributed by atoms with Crippen molar-refractivity contribution in [1.29, 1.82) is 0 Å². The van der Waals surface area contributed by atoms with Crippen LogP contribution in [-0.4, -0.2) is 47.2 Å². The highest BCUT2D eigenvalue weighted by molar-refractivity contribution is 7.80. The second-order valence-corrected chi connectivity index (χ2v) is 9.55. The van der Waals surface area contributed by atoms with E-state index < -0.39 is 10.8 Å². The lowest BCUT2D eigenvalue weighted by Crippen LogP contribution is -2.37. The minimum atomic E-state index is -0.593. The molecule has 5 rings (SSSR count). The van der Waals surface area contributed by atoms with Crippen LogP contribution in [0.15, 0.2) is 59.0 Å². The molecule has 1 aliphatic heterocycles. The van der Waals surface area contributed by atoms with Gasteiger partial charge in [0.05, 0.1) is 28.7 Å². The molecule has 3 aromatic carbocycles. The van der Waals surface area contributed by atoms with Gasteiger partial charge in [0.15, 0.2) is 10.7 Å². The monoisotopic (exact) mass is 571 g/mol. The molecule has 1 fully saturated rings. The number of hydrogen-bond donors (Lipinski definition) is 2. The second-order valence-electron chi connectivity index (χ2n) is 8.29. The summed E-state index contributed by atoms with van der Waals surface area (Å²) < 4.78 is 11.1. The number of carbonyl (C=O) groups excluding carboxylic acids is 1. The highest BCUT2D eigenvalue weighted by Gasteiger charge is 2.24.